The van der Waals surface area contributed by atoms with Crippen LogP contribution in [0.15, 0.2) is 23.3 Å². The standard InChI is InChI=1S/C16H18N2O3/c1-19-13-7-10(8-14(20-2)15(13)21-3)12-9-18-16-11(12)5-4-6-17-16/h6-9,18H,4-5H2,1-3H3. The van der Waals surface area contributed by atoms with Crippen molar-refractivity contribution in [3.05, 3.63) is 23.9 Å². The number of aromatic nitrogens is 1. The monoisotopic (exact) mass is 286 g/mol. The summed E-state index contributed by atoms with van der Waals surface area (Å²) in [7, 11) is 4.85. The van der Waals surface area contributed by atoms with Gasteiger partial charge in [0.05, 0.1) is 21.3 Å². The van der Waals surface area contributed by atoms with Gasteiger partial charge in [0.1, 0.15) is 5.82 Å². The Kier molecular flexibility index (Phi) is 3.56. The van der Waals surface area contributed by atoms with Gasteiger partial charge in [-0.05, 0) is 30.5 Å². The Morgan fingerprint density at radius 2 is 1.76 bits per heavy atom. The van der Waals surface area contributed by atoms with Gasteiger partial charge in [-0.15, -0.1) is 0 Å². The molecule has 2 heterocycles. The number of methoxy groups -OCH3 is 3. The maximum atomic E-state index is 5.42. The molecule has 0 radical (unpaired) electrons. The van der Waals surface area contributed by atoms with Crippen LogP contribution in [0.25, 0.3) is 11.1 Å². The largest absolute Gasteiger partial charge is 0.493 e. The van der Waals surface area contributed by atoms with E-state index >= 15 is 0 Å². The number of nitrogens with zero attached hydrogens (tertiary/aromatic N) is 1. The molecule has 0 atom stereocenters. The van der Waals surface area contributed by atoms with Crippen molar-refractivity contribution in [2.24, 2.45) is 4.99 Å². The van der Waals surface area contributed by atoms with E-state index in [4.69, 9.17) is 14.2 Å². The highest BCUT2D eigenvalue weighted by molar-refractivity contribution is 5.79. The van der Waals surface area contributed by atoms with E-state index in [1.807, 2.05) is 24.5 Å². The molecule has 0 aliphatic carbocycles. The Balaban J connectivity index is 2.15. The molecular weight excluding hydrogens is 268 g/mol. The zero-order chi connectivity index (χ0) is 14.8. The number of hydrogen-bond acceptors (Lipinski definition) is 4. The molecule has 21 heavy (non-hydrogen) atoms. The van der Waals surface area contributed by atoms with Gasteiger partial charge in [0, 0.05) is 23.5 Å². The first kappa shape index (κ1) is 13.5. The molecule has 2 aromatic rings. The van der Waals surface area contributed by atoms with Gasteiger partial charge in [-0.1, -0.05) is 0 Å². The highest BCUT2D eigenvalue weighted by atomic mass is 16.5. The molecule has 0 fully saturated rings. The topological polar surface area (TPSA) is 55.8 Å². The molecule has 1 aliphatic rings. The number of H-pyrrole nitrogens is 1. The van der Waals surface area contributed by atoms with Gasteiger partial charge in [0.25, 0.3) is 0 Å². The van der Waals surface area contributed by atoms with E-state index < -0.39 is 0 Å². The van der Waals surface area contributed by atoms with Crippen LogP contribution in [-0.2, 0) is 6.42 Å². The molecule has 5 heteroatoms. The summed E-state index contributed by atoms with van der Waals surface area (Å²) in [5, 5.41) is 0. The molecule has 5 nitrogen and oxygen atoms in total. The third-order valence-electron chi connectivity index (χ3n) is 3.68. The first-order chi connectivity index (χ1) is 10.3. The second kappa shape index (κ2) is 5.52. The smallest absolute Gasteiger partial charge is 0.203 e. The second-order valence-electron chi connectivity index (χ2n) is 4.79. The van der Waals surface area contributed by atoms with Crippen molar-refractivity contribution in [2.45, 2.75) is 12.8 Å². The van der Waals surface area contributed by atoms with Gasteiger partial charge < -0.3 is 19.2 Å². The molecule has 1 aromatic carbocycles. The fraction of sp³-hybridized carbons (Fsp3) is 0.312. The Hall–Kier alpha value is -2.43. The molecule has 0 amide bonds. The number of hydrogen-bond donors (Lipinski definition) is 1. The number of aromatic amines is 1. The van der Waals surface area contributed by atoms with Crippen molar-refractivity contribution >= 4 is 12.0 Å². The van der Waals surface area contributed by atoms with Crippen LogP contribution >= 0.6 is 0 Å². The van der Waals surface area contributed by atoms with Crippen LogP contribution in [-0.4, -0.2) is 32.5 Å². The fourth-order valence-corrected chi connectivity index (χ4v) is 2.67. The molecule has 1 aromatic heterocycles. The molecular formula is C16H18N2O3. The number of benzene rings is 1. The van der Waals surface area contributed by atoms with E-state index in [1.54, 1.807) is 21.3 Å². The Bertz CT molecular complexity index is 664. The van der Waals surface area contributed by atoms with Crippen LogP contribution in [0.4, 0.5) is 5.82 Å². The van der Waals surface area contributed by atoms with Crippen molar-refractivity contribution in [1.82, 2.24) is 4.98 Å². The lowest BCUT2D eigenvalue weighted by Gasteiger charge is -2.15. The molecule has 0 spiro atoms. The second-order valence-corrected chi connectivity index (χ2v) is 4.79. The van der Waals surface area contributed by atoms with Crippen molar-refractivity contribution in [2.75, 3.05) is 21.3 Å². The van der Waals surface area contributed by atoms with Crippen LogP contribution in [0.5, 0.6) is 17.2 Å². The highest BCUT2D eigenvalue weighted by Gasteiger charge is 2.19. The van der Waals surface area contributed by atoms with E-state index in [1.165, 1.54) is 5.56 Å². The third-order valence-corrected chi connectivity index (χ3v) is 3.68. The average molecular weight is 286 g/mol. The number of fused-ring (bicyclic) bond motifs is 1. The number of rotatable bonds is 4. The summed E-state index contributed by atoms with van der Waals surface area (Å²) in [4.78, 5) is 7.61. The van der Waals surface area contributed by atoms with Crippen LogP contribution in [0.2, 0.25) is 0 Å². The lowest BCUT2D eigenvalue weighted by molar-refractivity contribution is 0.324. The predicted octanol–water partition coefficient (Wildman–Crippen LogP) is 3.36. The predicted molar refractivity (Wildman–Crippen MR) is 82.4 cm³/mol. The molecule has 110 valence electrons. The van der Waals surface area contributed by atoms with Gasteiger partial charge >= 0.3 is 0 Å². The summed E-state index contributed by atoms with van der Waals surface area (Å²) in [6.45, 7) is 0. The molecule has 0 bridgehead atoms. The van der Waals surface area contributed by atoms with Crippen molar-refractivity contribution < 1.29 is 14.2 Å². The molecule has 3 rings (SSSR count). The zero-order valence-corrected chi connectivity index (χ0v) is 12.4. The van der Waals surface area contributed by atoms with Crippen molar-refractivity contribution in [1.29, 1.82) is 0 Å². The Morgan fingerprint density at radius 3 is 2.38 bits per heavy atom. The van der Waals surface area contributed by atoms with Gasteiger partial charge in [-0.3, -0.25) is 0 Å². The van der Waals surface area contributed by atoms with Crippen LogP contribution < -0.4 is 14.2 Å². The number of ether oxygens (including phenoxy) is 3. The zero-order valence-electron chi connectivity index (χ0n) is 12.4. The van der Waals surface area contributed by atoms with Gasteiger partial charge in [0.2, 0.25) is 5.75 Å². The van der Waals surface area contributed by atoms with E-state index in [0.29, 0.717) is 17.2 Å². The molecule has 1 aliphatic heterocycles. The van der Waals surface area contributed by atoms with E-state index in [9.17, 15) is 0 Å². The maximum absolute atomic E-state index is 5.42. The van der Waals surface area contributed by atoms with Crippen LogP contribution in [0, 0.1) is 0 Å². The minimum atomic E-state index is 0.603. The van der Waals surface area contributed by atoms with Gasteiger partial charge in [-0.2, -0.15) is 0 Å². The Labute approximate surface area is 123 Å². The summed E-state index contributed by atoms with van der Waals surface area (Å²) >= 11 is 0. The lowest BCUT2D eigenvalue weighted by Crippen LogP contribution is -1.97. The highest BCUT2D eigenvalue weighted by Crippen LogP contribution is 2.43. The molecule has 0 unspecified atom stereocenters. The normalized spacial score (nSPS) is 12.9. The van der Waals surface area contributed by atoms with E-state index in [2.05, 4.69) is 9.98 Å². The SMILES string of the molecule is COc1cc(-c2c[nH]c3c2CCC=N3)cc(OC)c1OC. The van der Waals surface area contributed by atoms with Crippen molar-refractivity contribution in [3.63, 3.8) is 0 Å². The summed E-state index contributed by atoms with van der Waals surface area (Å²) < 4.78 is 16.2. The van der Waals surface area contributed by atoms with Crippen LogP contribution in [0.3, 0.4) is 0 Å². The lowest BCUT2D eigenvalue weighted by atomic mass is 9.99. The minimum absolute atomic E-state index is 0.603. The summed E-state index contributed by atoms with van der Waals surface area (Å²) in [6, 6.07) is 3.92. The number of nitrogens with one attached hydrogen (secondary N) is 1. The fourth-order valence-electron chi connectivity index (χ4n) is 2.67. The van der Waals surface area contributed by atoms with Crippen LogP contribution in [0.1, 0.15) is 12.0 Å². The number of aliphatic imine (C=N–C) groups is 1. The van der Waals surface area contributed by atoms with Gasteiger partial charge in [-0.25, -0.2) is 4.99 Å². The minimum Gasteiger partial charge on any atom is -0.493 e. The first-order valence-corrected chi connectivity index (χ1v) is 6.81. The molecule has 1 N–H and O–H groups in total. The molecule has 0 saturated carbocycles. The average Bonchev–Trinajstić information content (AvgIpc) is 2.97. The van der Waals surface area contributed by atoms with E-state index in [0.717, 1.165) is 29.8 Å². The van der Waals surface area contributed by atoms with Gasteiger partial charge in [0.15, 0.2) is 11.5 Å². The first-order valence-electron chi connectivity index (χ1n) is 6.81. The summed E-state index contributed by atoms with van der Waals surface area (Å²) in [6.07, 6.45) is 5.86. The Morgan fingerprint density at radius 1 is 1.05 bits per heavy atom. The van der Waals surface area contributed by atoms with Crippen molar-refractivity contribution in [3.8, 4) is 28.4 Å². The summed E-state index contributed by atoms with van der Waals surface area (Å²) in [5.74, 6) is 2.85. The molecule has 0 saturated heterocycles. The third kappa shape index (κ3) is 2.24. The van der Waals surface area contributed by atoms with E-state index in [-0.39, 0.29) is 0 Å². The summed E-state index contributed by atoms with van der Waals surface area (Å²) in [5.41, 5.74) is 3.38. The quantitative estimate of drug-likeness (QED) is 0.937. The maximum Gasteiger partial charge on any atom is 0.203 e.